The first-order valence-electron chi connectivity index (χ1n) is 5.84. The van der Waals surface area contributed by atoms with Crippen LogP contribution in [0.4, 0.5) is 0 Å². The number of benzene rings is 1. The summed E-state index contributed by atoms with van der Waals surface area (Å²) in [7, 11) is 0. The maximum atomic E-state index is 11.7. The number of rotatable bonds is 6. The van der Waals surface area contributed by atoms with Gasteiger partial charge in [-0.1, -0.05) is 6.07 Å². The van der Waals surface area contributed by atoms with Crippen molar-refractivity contribution in [2.45, 2.75) is 6.54 Å². The molecule has 1 N–H and O–H groups in total. The molecule has 1 aliphatic heterocycles. The van der Waals surface area contributed by atoms with Gasteiger partial charge in [-0.3, -0.25) is 14.9 Å². The van der Waals surface area contributed by atoms with Gasteiger partial charge < -0.3 is 19.5 Å². The molecule has 1 heterocycles. The fourth-order valence-corrected chi connectivity index (χ4v) is 1.56. The first-order valence-corrected chi connectivity index (χ1v) is 5.84. The van der Waals surface area contributed by atoms with Gasteiger partial charge in [0.2, 0.25) is 6.79 Å². The minimum absolute atomic E-state index is 0.165. The van der Waals surface area contributed by atoms with Crippen molar-refractivity contribution in [3.05, 3.63) is 58.7 Å². The Balaban J connectivity index is 1.88. The van der Waals surface area contributed by atoms with Crippen molar-refractivity contribution in [2.75, 3.05) is 6.79 Å². The zero-order valence-corrected chi connectivity index (χ0v) is 11.0. The van der Waals surface area contributed by atoms with Gasteiger partial charge in [0, 0.05) is 13.1 Å². The topological polar surface area (TPSA) is 99.9 Å². The molecule has 0 aliphatic carbocycles. The van der Waals surface area contributed by atoms with Crippen molar-refractivity contribution in [3.8, 4) is 11.5 Å². The summed E-state index contributed by atoms with van der Waals surface area (Å²) in [6, 6.07) is 5.21. The molecule has 0 fully saturated rings. The van der Waals surface area contributed by atoms with Crippen LogP contribution in [-0.4, -0.2) is 17.6 Å². The summed E-state index contributed by atoms with van der Waals surface area (Å²) >= 11 is 0. The predicted octanol–water partition coefficient (Wildman–Crippen LogP) is 1.31. The molecule has 0 saturated heterocycles. The van der Waals surface area contributed by atoms with Crippen LogP contribution in [0.2, 0.25) is 0 Å². The quantitative estimate of drug-likeness (QED) is 0.367. The second kappa shape index (κ2) is 5.95. The number of nitrogens with zero attached hydrogens (tertiary/aromatic N) is 1. The summed E-state index contributed by atoms with van der Waals surface area (Å²) in [5.74, 6) is -0.606. The summed E-state index contributed by atoms with van der Waals surface area (Å²) in [6.45, 7) is 6.69. The molecule has 1 aromatic rings. The van der Waals surface area contributed by atoms with Crippen LogP contribution in [0.15, 0.2) is 43.0 Å². The molecular weight excluding hydrogens is 280 g/mol. The molecule has 21 heavy (non-hydrogen) atoms. The average Bonchev–Trinajstić information content (AvgIpc) is 2.91. The Morgan fingerprint density at radius 1 is 1.38 bits per heavy atom. The van der Waals surface area contributed by atoms with Crippen molar-refractivity contribution in [1.29, 1.82) is 0 Å². The van der Waals surface area contributed by atoms with Crippen molar-refractivity contribution in [2.24, 2.45) is 0 Å². The highest BCUT2D eigenvalue weighted by molar-refractivity contribution is 5.90. The Labute approximate surface area is 119 Å². The predicted molar refractivity (Wildman–Crippen MR) is 70.8 cm³/mol. The fraction of sp³-hybridized carbons (Fsp3) is 0.154. The normalized spacial score (nSPS) is 11.6. The van der Waals surface area contributed by atoms with E-state index in [-0.39, 0.29) is 13.3 Å². The molecule has 1 amide bonds. The first kappa shape index (κ1) is 14.4. The van der Waals surface area contributed by atoms with Gasteiger partial charge in [0.1, 0.15) is 4.92 Å². The molecule has 0 aromatic heterocycles. The molecular formula is C13H12N2O6. The van der Waals surface area contributed by atoms with Crippen LogP contribution < -0.4 is 14.8 Å². The van der Waals surface area contributed by atoms with Crippen LogP contribution in [-0.2, 0) is 16.1 Å². The smallest absolute Gasteiger partial charge is 0.426 e. The van der Waals surface area contributed by atoms with E-state index in [2.05, 4.69) is 23.2 Å². The van der Waals surface area contributed by atoms with Crippen LogP contribution >= 0.6 is 0 Å². The molecule has 0 unspecified atom stereocenters. The molecule has 8 heteroatoms. The Kier molecular flexibility index (Phi) is 4.07. The second-order valence-corrected chi connectivity index (χ2v) is 4.05. The van der Waals surface area contributed by atoms with E-state index in [1.165, 1.54) is 0 Å². The van der Waals surface area contributed by atoms with E-state index < -0.39 is 22.5 Å². The number of amides is 1. The number of carbonyl (C=O) groups is 1. The van der Waals surface area contributed by atoms with Crippen molar-refractivity contribution < 1.29 is 23.9 Å². The Morgan fingerprint density at radius 2 is 2.10 bits per heavy atom. The van der Waals surface area contributed by atoms with Gasteiger partial charge in [-0.2, -0.15) is 0 Å². The number of hydrogen-bond donors (Lipinski definition) is 1. The summed E-state index contributed by atoms with van der Waals surface area (Å²) in [5, 5.41) is 12.8. The monoisotopic (exact) mass is 292 g/mol. The summed E-state index contributed by atoms with van der Waals surface area (Å²) in [4.78, 5) is 21.1. The van der Waals surface area contributed by atoms with Gasteiger partial charge in [-0.15, -0.1) is 0 Å². The van der Waals surface area contributed by atoms with Crippen LogP contribution in [0, 0.1) is 10.1 Å². The highest BCUT2D eigenvalue weighted by Gasteiger charge is 2.17. The lowest BCUT2D eigenvalue weighted by atomic mass is 10.2. The van der Waals surface area contributed by atoms with Crippen LogP contribution in [0.5, 0.6) is 11.5 Å². The lowest BCUT2D eigenvalue weighted by molar-refractivity contribution is -0.458. The van der Waals surface area contributed by atoms with E-state index in [0.29, 0.717) is 11.5 Å². The van der Waals surface area contributed by atoms with Crippen molar-refractivity contribution >= 4 is 5.91 Å². The van der Waals surface area contributed by atoms with Gasteiger partial charge in [-0.05, 0) is 24.3 Å². The van der Waals surface area contributed by atoms with Gasteiger partial charge in [0.05, 0.1) is 0 Å². The molecule has 1 aliphatic rings. The first-order chi connectivity index (χ1) is 9.97. The van der Waals surface area contributed by atoms with Crippen molar-refractivity contribution in [3.63, 3.8) is 0 Å². The number of hydrogen-bond acceptors (Lipinski definition) is 6. The number of nitro groups is 1. The van der Waals surface area contributed by atoms with E-state index in [1.807, 2.05) is 0 Å². The van der Waals surface area contributed by atoms with Gasteiger partial charge >= 0.3 is 5.88 Å². The zero-order chi connectivity index (χ0) is 15.4. The summed E-state index contributed by atoms with van der Waals surface area (Å²) in [6.07, 6.45) is 0. The molecule has 0 spiro atoms. The third-order valence-electron chi connectivity index (χ3n) is 2.59. The molecule has 110 valence electrons. The van der Waals surface area contributed by atoms with E-state index in [9.17, 15) is 14.9 Å². The maximum absolute atomic E-state index is 11.7. The second-order valence-electron chi connectivity index (χ2n) is 4.05. The Bertz CT molecular complexity index is 625. The third-order valence-corrected chi connectivity index (χ3v) is 2.59. The molecule has 0 saturated carbocycles. The summed E-state index contributed by atoms with van der Waals surface area (Å²) in [5.41, 5.74) is 0.772. The summed E-state index contributed by atoms with van der Waals surface area (Å²) < 4.78 is 15.0. The molecule has 0 bridgehead atoms. The van der Waals surface area contributed by atoms with Gasteiger partial charge in [0.15, 0.2) is 17.3 Å². The van der Waals surface area contributed by atoms with Crippen LogP contribution in [0.25, 0.3) is 0 Å². The van der Waals surface area contributed by atoms with Crippen LogP contribution in [0.3, 0.4) is 0 Å². The average molecular weight is 292 g/mol. The molecule has 0 atom stereocenters. The van der Waals surface area contributed by atoms with E-state index in [4.69, 9.17) is 9.47 Å². The molecule has 8 nitrogen and oxygen atoms in total. The fourth-order valence-electron chi connectivity index (χ4n) is 1.56. The standard InChI is InChI=1S/C13H12N2O6/c1-8(21-9(2)15(17)18)13(16)14-6-10-3-4-11-12(5-10)20-7-19-11/h3-5H,1-2,6-7H2,(H,14,16). The molecule has 1 aromatic carbocycles. The SMILES string of the molecule is C=C(OC(=C)[N+](=O)[O-])C(=O)NCc1ccc2c(c1)OCO2. The Morgan fingerprint density at radius 3 is 2.81 bits per heavy atom. The molecule has 2 rings (SSSR count). The van der Waals surface area contributed by atoms with Crippen LogP contribution in [0.1, 0.15) is 5.56 Å². The minimum atomic E-state index is -0.851. The lowest BCUT2D eigenvalue weighted by Crippen LogP contribution is -2.25. The number of ether oxygens (including phenoxy) is 3. The van der Waals surface area contributed by atoms with Gasteiger partial charge in [-0.25, -0.2) is 0 Å². The minimum Gasteiger partial charge on any atom is -0.454 e. The van der Waals surface area contributed by atoms with Crippen molar-refractivity contribution in [1.82, 2.24) is 5.32 Å². The van der Waals surface area contributed by atoms with Gasteiger partial charge in [0.25, 0.3) is 5.91 Å². The zero-order valence-electron chi connectivity index (χ0n) is 11.0. The molecule has 0 radical (unpaired) electrons. The van der Waals surface area contributed by atoms with E-state index in [1.54, 1.807) is 18.2 Å². The number of nitrogens with one attached hydrogen (secondary N) is 1. The Hall–Kier alpha value is -3.03. The highest BCUT2D eigenvalue weighted by atomic mass is 16.7. The van der Waals surface area contributed by atoms with E-state index >= 15 is 0 Å². The largest absolute Gasteiger partial charge is 0.454 e. The highest BCUT2D eigenvalue weighted by Crippen LogP contribution is 2.32. The lowest BCUT2D eigenvalue weighted by Gasteiger charge is -2.07. The van der Waals surface area contributed by atoms with E-state index in [0.717, 1.165) is 5.56 Å². The number of fused-ring (bicyclic) bond motifs is 1. The third kappa shape index (κ3) is 3.50. The number of carbonyl (C=O) groups excluding carboxylic acids is 1. The maximum Gasteiger partial charge on any atom is 0.426 e.